The maximum atomic E-state index is 13.3. The Morgan fingerprint density at radius 2 is 1.81 bits per heavy atom. The van der Waals surface area contributed by atoms with Gasteiger partial charge in [-0.3, -0.25) is 14.5 Å². The van der Waals surface area contributed by atoms with Crippen LogP contribution in [0.15, 0.2) is 48.0 Å². The zero-order valence-electron chi connectivity index (χ0n) is 21.9. The van der Waals surface area contributed by atoms with Crippen molar-refractivity contribution in [3.8, 4) is 11.5 Å². The van der Waals surface area contributed by atoms with E-state index in [1.54, 1.807) is 42.3 Å². The first-order chi connectivity index (χ1) is 17.9. The number of hydrogen-bond donors (Lipinski definition) is 1. The quantitative estimate of drug-likeness (QED) is 0.295. The van der Waals surface area contributed by atoms with Crippen LogP contribution in [0, 0.1) is 6.92 Å². The van der Waals surface area contributed by atoms with Gasteiger partial charge in [0.2, 0.25) is 0 Å². The maximum Gasteiger partial charge on any atom is 0.295 e. The topological polar surface area (TPSA) is 88.5 Å². The number of carbonyl (C=O) groups excluding carboxylic acids is 2. The molecule has 0 aliphatic carbocycles. The summed E-state index contributed by atoms with van der Waals surface area (Å²) in [6, 6.07) is 11.9. The summed E-state index contributed by atoms with van der Waals surface area (Å²) >= 11 is 0. The summed E-state index contributed by atoms with van der Waals surface area (Å²) in [5.41, 5.74) is 2.17. The molecule has 2 aromatic carbocycles. The first-order valence-corrected chi connectivity index (χ1v) is 12.9. The number of aryl methyl sites for hydroxylation is 1. The van der Waals surface area contributed by atoms with Gasteiger partial charge in [-0.2, -0.15) is 0 Å². The largest absolute Gasteiger partial charge is 0.507 e. The van der Waals surface area contributed by atoms with Crippen molar-refractivity contribution in [3.05, 3.63) is 64.7 Å². The molecule has 0 unspecified atom stereocenters. The second-order valence-corrected chi connectivity index (χ2v) is 9.40. The van der Waals surface area contributed by atoms with E-state index in [1.165, 1.54) is 0 Å². The zero-order chi connectivity index (χ0) is 26.4. The minimum absolute atomic E-state index is 0.100. The average Bonchev–Trinajstić information content (AvgIpc) is 3.17. The summed E-state index contributed by atoms with van der Waals surface area (Å²) in [4.78, 5) is 30.4. The van der Waals surface area contributed by atoms with Gasteiger partial charge < -0.3 is 24.2 Å². The second kappa shape index (κ2) is 12.3. The molecule has 2 aliphatic heterocycles. The Morgan fingerprint density at radius 1 is 1.08 bits per heavy atom. The number of likely N-dealkylation sites (tertiary alicyclic amines) is 1. The Balaban J connectivity index is 1.67. The summed E-state index contributed by atoms with van der Waals surface area (Å²) in [6.45, 7) is 8.87. The SMILES string of the molecule is CCCOc1ccc(C(O)=C2C(=O)C(=O)N(CCCN3CCOCC3)[C@H]2c2ccc(OC)cc2)cc1C. The summed E-state index contributed by atoms with van der Waals surface area (Å²) in [7, 11) is 1.59. The molecule has 2 heterocycles. The lowest BCUT2D eigenvalue weighted by atomic mass is 9.94. The number of amides is 1. The minimum atomic E-state index is -0.688. The van der Waals surface area contributed by atoms with E-state index in [1.807, 2.05) is 26.0 Å². The van der Waals surface area contributed by atoms with Crippen molar-refractivity contribution in [3.63, 3.8) is 0 Å². The maximum absolute atomic E-state index is 13.3. The number of Topliss-reactive ketones (excluding diaryl/α,β-unsaturated/α-hetero) is 1. The first kappa shape index (κ1) is 26.7. The van der Waals surface area contributed by atoms with Crippen LogP contribution in [0.1, 0.15) is 42.5 Å². The number of rotatable bonds is 10. The Hall–Kier alpha value is -3.36. The molecule has 2 fully saturated rings. The fourth-order valence-electron chi connectivity index (χ4n) is 4.86. The molecule has 1 atom stereocenters. The highest BCUT2D eigenvalue weighted by molar-refractivity contribution is 6.46. The van der Waals surface area contributed by atoms with Crippen molar-refractivity contribution in [1.29, 1.82) is 0 Å². The molecular formula is C29H36N2O6. The zero-order valence-corrected chi connectivity index (χ0v) is 21.9. The third-order valence-electron chi connectivity index (χ3n) is 6.86. The third kappa shape index (κ3) is 5.97. The van der Waals surface area contributed by atoms with E-state index in [-0.39, 0.29) is 11.3 Å². The van der Waals surface area contributed by atoms with Crippen LogP contribution in [-0.4, -0.2) is 79.7 Å². The van der Waals surface area contributed by atoms with Gasteiger partial charge in [0, 0.05) is 31.7 Å². The fraction of sp³-hybridized carbons (Fsp3) is 0.448. The Labute approximate surface area is 218 Å². The van der Waals surface area contributed by atoms with Crippen LogP contribution in [0.4, 0.5) is 0 Å². The van der Waals surface area contributed by atoms with Crippen LogP contribution in [0.25, 0.3) is 5.76 Å². The number of nitrogens with zero attached hydrogens (tertiary/aromatic N) is 2. The lowest BCUT2D eigenvalue weighted by molar-refractivity contribution is -0.140. The Kier molecular flexibility index (Phi) is 8.84. The normalized spacial score (nSPS) is 19.9. The number of aliphatic hydroxyl groups excluding tert-OH is 1. The van der Waals surface area contributed by atoms with Gasteiger partial charge in [-0.1, -0.05) is 19.1 Å². The molecule has 4 rings (SSSR count). The number of benzene rings is 2. The first-order valence-electron chi connectivity index (χ1n) is 12.9. The molecule has 1 amide bonds. The summed E-state index contributed by atoms with van der Waals surface area (Å²) < 4.78 is 16.5. The molecule has 1 N–H and O–H groups in total. The number of ketones is 1. The monoisotopic (exact) mass is 508 g/mol. The third-order valence-corrected chi connectivity index (χ3v) is 6.86. The van der Waals surface area contributed by atoms with Gasteiger partial charge in [0.05, 0.1) is 38.5 Å². The highest BCUT2D eigenvalue weighted by Gasteiger charge is 2.45. The van der Waals surface area contributed by atoms with Crippen molar-refractivity contribution in [2.45, 2.75) is 32.7 Å². The molecule has 8 heteroatoms. The van der Waals surface area contributed by atoms with E-state index in [9.17, 15) is 14.7 Å². The van der Waals surface area contributed by atoms with E-state index in [0.717, 1.165) is 42.9 Å². The van der Waals surface area contributed by atoms with Gasteiger partial charge in [-0.15, -0.1) is 0 Å². The van der Waals surface area contributed by atoms with Crippen LogP contribution in [0.5, 0.6) is 11.5 Å². The van der Waals surface area contributed by atoms with Crippen LogP contribution < -0.4 is 9.47 Å². The molecular weight excluding hydrogens is 472 g/mol. The Morgan fingerprint density at radius 3 is 2.46 bits per heavy atom. The molecule has 0 bridgehead atoms. The summed E-state index contributed by atoms with van der Waals surface area (Å²) in [5, 5.41) is 11.4. The summed E-state index contributed by atoms with van der Waals surface area (Å²) in [5.74, 6) is -0.0439. The number of morpholine rings is 1. The highest BCUT2D eigenvalue weighted by Crippen LogP contribution is 2.40. The molecule has 0 radical (unpaired) electrons. The van der Waals surface area contributed by atoms with E-state index in [4.69, 9.17) is 14.2 Å². The van der Waals surface area contributed by atoms with Gasteiger partial charge in [0.1, 0.15) is 17.3 Å². The lowest BCUT2D eigenvalue weighted by Crippen LogP contribution is -2.38. The minimum Gasteiger partial charge on any atom is -0.507 e. The highest BCUT2D eigenvalue weighted by atomic mass is 16.5. The van der Waals surface area contributed by atoms with Gasteiger partial charge in [-0.05, 0) is 61.2 Å². The van der Waals surface area contributed by atoms with Crippen molar-refractivity contribution < 1.29 is 28.9 Å². The van der Waals surface area contributed by atoms with Crippen LogP contribution in [0.2, 0.25) is 0 Å². The van der Waals surface area contributed by atoms with E-state index < -0.39 is 17.7 Å². The number of hydrogen-bond acceptors (Lipinski definition) is 7. The van der Waals surface area contributed by atoms with E-state index in [2.05, 4.69) is 4.90 Å². The van der Waals surface area contributed by atoms with Gasteiger partial charge in [0.25, 0.3) is 11.7 Å². The lowest BCUT2D eigenvalue weighted by Gasteiger charge is -2.29. The standard InChI is InChI=1S/C29H36N2O6/c1-4-16-37-24-11-8-22(19-20(24)2)27(32)25-26(21-6-9-23(35-3)10-7-21)31(29(34)28(25)33)13-5-12-30-14-17-36-18-15-30/h6-11,19,26,32H,4-5,12-18H2,1-3H3/t26-/m0/s1. The van der Waals surface area contributed by atoms with Crippen LogP contribution in [0.3, 0.4) is 0 Å². The predicted octanol–water partition coefficient (Wildman–Crippen LogP) is 3.94. The molecule has 8 nitrogen and oxygen atoms in total. The van der Waals surface area contributed by atoms with Crippen molar-refractivity contribution in [2.24, 2.45) is 0 Å². The molecule has 0 spiro atoms. The summed E-state index contributed by atoms with van der Waals surface area (Å²) in [6.07, 6.45) is 1.60. The molecule has 0 saturated carbocycles. The smallest absolute Gasteiger partial charge is 0.295 e. The van der Waals surface area contributed by atoms with Crippen LogP contribution in [-0.2, 0) is 14.3 Å². The number of aliphatic hydroxyl groups is 1. The van der Waals surface area contributed by atoms with E-state index >= 15 is 0 Å². The molecule has 2 saturated heterocycles. The second-order valence-electron chi connectivity index (χ2n) is 9.40. The average molecular weight is 509 g/mol. The van der Waals surface area contributed by atoms with Gasteiger partial charge >= 0.3 is 0 Å². The molecule has 37 heavy (non-hydrogen) atoms. The van der Waals surface area contributed by atoms with Gasteiger partial charge in [0.15, 0.2) is 0 Å². The Bertz CT molecular complexity index is 1140. The number of methoxy groups -OCH3 is 1. The molecule has 2 aliphatic rings. The number of carbonyl (C=O) groups is 2. The predicted molar refractivity (Wildman–Crippen MR) is 141 cm³/mol. The van der Waals surface area contributed by atoms with Gasteiger partial charge in [-0.25, -0.2) is 0 Å². The van der Waals surface area contributed by atoms with E-state index in [0.29, 0.717) is 44.1 Å². The van der Waals surface area contributed by atoms with Crippen molar-refractivity contribution in [1.82, 2.24) is 9.80 Å². The molecule has 198 valence electrons. The molecule has 0 aromatic heterocycles. The van der Waals surface area contributed by atoms with Crippen LogP contribution >= 0.6 is 0 Å². The van der Waals surface area contributed by atoms with Crippen molar-refractivity contribution >= 4 is 17.4 Å². The number of ether oxygens (including phenoxy) is 3. The van der Waals surface area contributed by atoms with Crippen molar-refractivity contribution in [2.75, 3.05) is 53.1 Å². The molecule has 2 aromatic rings. The fourth-order valence-corrected chi connectivity index (χ4v) is 4.86.